The molecule has 10 heteroatoms. The van der Waals surface area contributed by atoms with Gasteiger partial charge in [0, 0.05) is 31.4 Å². The number of esters is 1. The maximum Gasteiger partial charge on any atom is 0.407 e. The standard InChI is InChI=1S/C34H44N2O8/c1-20(2)9-12-26-32(3,43-26)29-28(40-4)25(15-16-33(29)19-41-33)42-31(39)36-22-13-17-34(35,18-14-22)44-30(38)24-11-10-21-7-5-6-8-23(21)27(24)37/h5-11,22,25-26,28-29,37H,12-19,35H2,1-4H3,(H,36,39)/t22?,25-,26-,28-,29-,32+,33+,34?/m1/s1. The monoisotopic (exact) mass is 608 g/mol. The summed E-state index contributed by atoms with van der Waals surface area (Å²) in [6.45, 7) is 6.94. The van der Waals surface area contributed by atoms with E-state index in [1.165, 1.54) is 5.57 Å². The van der Waals surface area contributed by atoms with Gasteiger partial charge in [0.1, 0.15) is 34.7 Å². The van der Waals surface area contributed by atoms with Gasteiger partial charge >= 0.3 is 12.1 Å². The highest BCUT2D eigenvalue weighted by Crippen LogP contribution is 2.59. The van der Waals surface area contributed by atoms with E-state index in [0.717, 1.165) is 18.2 Å². The number of rotatable bonds is 8. The molecular weight excluding hydrogens is 564 g/mol. The summed E-state index contributed by atoms with van der Waals surface area (Å²) in [5.74, 6) is -0.849. The molecule has 2 aromatic carbocycles. The first kappa shape index (κ1) is 30.8. The van der Waals surface area contributed by atoms with Gasteiger partial charge in [0.2, 0.25) is 0 Å². The molecule has 2 aliphatic carbocycles. The maximum atomic E-state index is 13.1. The molecule has 6 atom stereocenters. The van der Waals surface area contributed by atoms with Crippen molar-refractivity contribution < 1.29 is 38.4 Å². The van der Waals surface area contributed by atoms with Gasteiger partial charge in [0.15, 0.2) is 5.72 Å². The Hall–Kier alpha value is -3.18. The number of benzene rings is 2. The normalized spacial score (nSPS) is 36.0. The van der Waals surface area contributed by atoms with Crippen LogP contribution in [-0.4, -0.2) is 72.2 Å². The molecule has 0 aromatic heterocycles. The number of allylic oxidation sites excluding steroid dienone is 1. The second-order valence-electron chi connectivity index (χ2n) is 13.4. The minimum atomic E-state index is -1.20. The zero-order valence-electron chi connectivity index (χ0n) is 26.0. The third-order valence-corrected chi connectivity index (χ3v) is 10.1. The molecule has 2 aliphatic heterocycles. The Bertz CT molecular complexity index is 1440. The molecule has 10 nitrogen and oxygen atoms in total. The first-order valence-electron chi connectivity index (χ1n) is 15.6. The molecule has 0 bridgehead atoms. The molecule has 2 heterocycles. The number of nitrogens with one attached hydrogen (secondary N) is 1. The number of ether oxygens (including phenoxy) is 5. The lowest BCUT2D eigenvalue weighted by Gasteiger charge is -2.43. The van der Waals surface area contributed by atoms with Crippen LogP contribution in [0.1, 0.15) is 76.1 Å². The van der Waals surface area contributed by atoms with Gasteiger partial charge in [-0.3, -0.25) is 5.73 Å². The third-order valence-electron chi connectivity index (χ3n) is 10.1. The molecule has 2 saturated carbocycles. The Balaban J connectivity index is 1.03. The summed E-state index contributed by atoms with van der Waals surface area (Å²) in [7, 11) is 1.66. The summed E-state index contributed by atoms with van der Waals surface area (Å²) in [5.41, 5.74) is 5.90. The summed E-state index contributed by atoms with van der Waals surface area (Å²) in [5, 5.41) is 15.1. The van der Waals surface area contributed by atoms with E-state index in [0.29, 0.717) is 44.1 Å². The van der Waals surface area contributed by atoms with Crippen LogP contribution in [0.15, 0.2) is 48.0 Å². The first-order chi connectivity index (χ1) is 21.0. The van der Waals surface area contributed by atoms with Crippen molar-refractivity contribution in [2.24, 2.45) is 11.7 Å². The number of hydrogen-bond acceptors (Lipinski definition) is 9. The number of carbonyl (C=O) groups excluding carboxylic acids is 2. The first-order valence-corrected chi connectivity index (χ1v) is 15.6. The summed E-state index contributed by atoms with van der Waals surface area (Å²) in [6.07, 6.45) is 4.97. The zero-order valence-corrected chi connectivity index (χ0v) is 26.0. The Morgan fingerprint density at radius 3 is 2.52 bits per heavy atom. The van der Waals surface area contributed by atoms with E-state index in [9.17, 15) is 14.7 Å². The molecule has 1 spiro atoms. The van der Waals surface area contributed by atoms with Crippen LogP contribution in [0.2, 0.25) is 0 Å². The van der Waals surface area contributed by atoms with Crippen molar-refractivity contribution >= 4 is 22.8 Å². The van der Waals surface area contributed by atoms with Gasteiger partial charge in [-0.2, -0.15) is 0 Å². The minimum Gasteiger partial charge on any atom is -0.506 e. The third kappa shape index (κ3) is 5.92. The quantitative estimate of drug-likeness (QED) is 0.161. The van der Waals surface area contributed by atoms with Crippen LogP contribution in [0, 0.1) is 5.92 Å². The van der Waals surface area contributed by atoms with Gasteiger partial charge in [-0.15, -0.1) is 0 Å². The number of aromatic hydroxyl groups is 1. The van der Waals surface area contributed by atoms with Crippen molar-refractivity contribution in [3.63, 3.8) is 0 Å². The molecule has 6 rings (SSSR count). The second kappa shape index (κ2) is 11.6. The predicted molar refractivity (Wildman–Crippen MR) is 163 cm³/mol. The van der Waals surface area contributed by atoms with E-state index in [2.05, 4.69) is 32.2 Å². The molecule has 44 heavy (non-hydrogen) atoms. The number of nitrogens with two attached hydrogens (primary N) is 1. The fourth-order valence-electron chi connectivity index (χ4n) is 7.42. The van der Waals surface area contributed by atoms with E-state index in [-0.39, 0.29) is 41.1 Å². The van der Waals surface area contributed by atoms with E-state index in [4.69, 9.17) is 29.4 Å². The van der Waals surface area contributed by atoms with Crippen LogP contribution < -0.4 is 11.1 Å². The maximum absolute atomic E-state index is 13.1. The number of amides is 1. The van der Waals surface area contributed by atoms with Gasteiger partial charge in [-0.25, -0.2) is 9.59 Å². The minimum absolute atomic E-state index is 0.0497. The fourth-order valence-corrected chi connectivity index (χ4v) is 7.42. The van der Waals surface area contributed by atoms with Gasteiger partial charge in [-0.1, -0.05) is 42.0 Å². The van der Waals surface area contributed by atoms with Crippen molar-refractivity contribution in [2.45, 2.75) is 107 Å². The van der Waals surface area contributed by atoms with Crippen LogP contribution in [0.5, 0.6) is 5.75 Å². The van der Waals surface area contributed by atoms with Crippen LogP contribution in [-0.2, 0) is 23.7 Å². The molecule has 4 aliphatic rings. The lowest BCUT2D eigenvalue weighted by Crippen LogP contribution is -2.56. The van der Waals surface area contributed by atoms with Gasteiger partial charge < -0.3 is 34.1 Å². The van der Waals surface area contributed by atoms with Crippen molar-refractivity contribution in [2.75, 3.05) is 13.7 Å². The number of alkyl carbamates (subject to hydrolysis) is 1. The summed E-state index contributed by atoms with van der Waals surface area (Å²) >= 11 is 0. The molecule has 2 saturated heterocycles. The number of methoxy groups -OCH3 is 1. The number of epoxide rings is 2. The van der Waals surface area contributed by atoms with Crippen molar-refractivity contribution in [1.82, 2.24) is 5.32 Å². The van der Waals surface area contributed by atoms with Crippen LogP contribution >= 0.6 is 0 Å². The van der Waals surface area contributed by atoms with Crippen molar-refractivity contribution in [1.29, 1.82) is 0 Å². The highest BCUT2D eigenvalue weighted by molar-refractivity contribution is 6.01. The largest absolute Gasteiger partial charge is 0.506 e. The number of carbonyl (C=O) groups is 2. The lowest BCUT2D eigenvalue weighted by molar-refractivity contribution is -0.118. The second-order valence-corrected chi connectivity index (χ2v) is 13.4. The molecular formula is C34H44N2O8. The molecule has 0 radical (unpaired) electrons. The van der Waals surface area contributed by atoms with E-state index >= 15 is 0 Å². The summed E-state index contributed by atoms with van der Waals surface area (Å²) in [4.78, 5) is 26.1. The average Bonchev–Trinajstić information content (AvgIpc) is 3.91. The topological polar surface area (TPSA) is 145 Å². The fraction of sp³-hybridized carbons (Fsp3) is 0.588. The van der Waals surface area contributed by atoms with E-state index in [1.54, 1.807) is 31.4 Å². The lowest BCUT2D eigenvalue weighted by atomic mass is 9.68. The van der Waals surface area contributed by atoms with E-state index in [1.807, 2.05) is 12.1 Å². The number of fused-ring (bicyclic) bond motifs is 1. The summed E-state index contributed by atoms with van der Waals surface area (Å²) < 4.78 is 29.9. The van der Waals surface area contributed by atoms with Crippen LogP contribution in [0.4, 0.5) is 4.79 Å². The predicted octanol–water partition coefficient (Wildman–Crippen LogP) is 5.10. The number of phenolic OH excluding ortho intramolecular Hbond substituents is 1. The smallest absolute Gasteiger partial charge is 0.407 e. The highest BCUT2D eigenvalue weighted by Gasteiger charge is 2.72. The molecule has 2 aromatic rings. The SMILES string of the molecule is CO[C@@H]1[C@H](OC(=O)NC2CCC(N)(OC(=O)c3ccc4ccccc4c3O)CC2)CC[C@]2(CO2)[C@H]1[C@@]1(C)O[C@@H]1CC=C(C)C. The molecule has 0 unspecified atom stereocenters. The van der Waals surface area contributed by atoms with Gasteiger partial charge in [0.05, 0.1) is 18.6 Å². The van der Waals surface area contributed by atoms with Crippen molar-refractivity contribution in [3.05, 3.63) is 53.6 Å². The molecule has 4 fully saturated rings. The van der Waals surface area contributed by atoms with Gasteiger partial charge in [0.25, 0.3) is 0 Å². The molecule has 4 N–H and O–H groups in total. The summed E-state index contributed by atoms with van der Waals surface area (Å²) in [6, 6.07) is 10.4. The molecule has 238 valence electrons. The Morgan fingerprint density at radius 2 is 1.84 bits per heavy atom. The van der Waals surface area contributed by atoms with Gasteiger partial charge in [-0.05, 0) is 64.3 Å². The Kier molecular flexibility index (Phi) is 8.15. The van der Waals surface area contributed by atoms with Crippen LogP contribution in [0.25, 0.3) is 10.8 Å². The average molecular weight is 609 g/mol. The zero-order chi connectivity index (χ0) is 31.3. The Morgan fingerprint density at radius 1 is 1.11 bits per heavy atom. The number of hydrogen-bond donors (Lipinski definition) is 3. The van der Waals surface area contributed by atoms with E-state index < -0.39 is 29.5 Å². The van der Waals surface area contributed by atoms with Crippen LogP contribution in [0.3, 0.4) is 0 Å². The highest BCUT2D eigenvalue weighted by atomic mass is 16.6. The molecule has 1 amide bonds. The van der Waals surface area contributed by atoms with Crippen molar-refractivity contribution in [3.8, 4) is 5.75 Å². The Labute approximate surface area is 258 Å². The number of phenols is 1.